The first-order valence-corrected chi connectivity index (χ1v) is 11.6. The van der Waals surface area contributed by atoms with E-state index in [0.29, 0.717) is 0 Å². The van der Waals surface area contributed by atoms with Gasteiger partial charge in [0.2, 0.25) is 0 Å². The summed E-state index contributed by atoms with van der Waals surface area (Å²) in [6.45, 7) is 6.08. The molecule has 154 valence electrons. The summed E-state index contributed by atoms with van der Waals surface area (Å²) in [5.74, 6) is 0.898. The first-order valence-electron chi connectivity index (χ1n) is 11.6. The number of aryl methyl sites for hydroxylation is 2. The summed E-state index contributed by atoms with van der Waals surface area (Å²) in [6.07, 6.45) is 14.5. The van der Waals surface area contributed by atoms with Gasteiger partial charge in [-0.05, 0) is 53.5 Å². The molecule has 1 heterocycles. The smallest absolute Gasteiger partial charge is 0.0780 e. The Morgan fingerprint density at radius 1 is 0.900 bits per heavy atom. The van der Waals surface area contributed by atoms with Crippen LogP contribution in [0.3, 0.4) is 0 Å². The van der Waals surface area contributed by atoms with Crippen molar-refractivity contribution in [2.24, 2.45) is 5.92 Å². The fourth-order valence-electron chi connectivity index (χ4n) is 4.64. The van der Waals surface area contributed by atoms with E-state index < -0.39 is 0 Å². The highest BCUT2D eigenvalue weighted by atomic mass is 14.7. The van der Waals surface area contributed by atoms with Gasteiger partial charge in [-0.25, -0.2) is 0 Å². The van der Waals surface area contributed by atoms with E-state index in [0.717, 1.165) is 30.0 Å². The van der Waals surface area contributed by atoms with Crippen molar-refractivity contribution >= 4 is 6.08 Å². The predicted octanol–water partition coefficient (Wildman–Crippen LogP) is 8.13. The molecule has 0 aliphatic heterocycles. The van der Waals surface area contributed by atoms with Crippen molar-refractivity contribution < 1.29 is 0 Å². The first kappa shape index (κ1) is 20.6. The molecule has 0 bridgehead atoms. The molecule has 0 amide bonds. The molecule has 0 saturated heterocycles. The van der Waals surface area contributed by atoms with Gasteiger partial charge in [0.15, 0.2) is 0 Å². The normalized spacial score (nSPS) is 14.6. The molecule has 0 spiro atoms. The fourth-order valence-corrected chi connectivity index (χ4v) is 4.64. The van der Waals surface area contributed by atoms with Gasteiger partial charge in [-0.15, -0.1) is 0 Å². The Hall–Kier alpha value is -2.67. The van der Waals surface area contributed by atoms with Crippen molar-refractivity contribution in [3.05, 3.63) is 84.1 Å². The van der Waals surface area contributed by atoms with Crippen LogP contribution in [-0.2, 0) is 12.8 Å². The minimum absolute atomic E-state index is 0.898. The van der Waals surface area contributed by atoms with Crippen LogP contribution in [0.1, 0.15) is 62.1 Å². The van der Waals surface area contributed by atoms with E-state index >= 15 is 0 Å². The molecule has 30 heavy (non-hydrogen) atoms. The second-order valence-electron chi connectivity index (χ2n) is 8.66. The van der Waals surface area contributed by atoms with Crippen molar-refractivity contribution in [1.82, 2.24) is 4.98 Å². The third-order valence-electron chi connectivity index (χ3n) is 6.60. The summed E-state index contributed by atoms with van der Waals surface area (Å²) in [4.78, 5) is 4.97. The number of hydrogen-bond donors (Lipinski definition) is 0. The van der Waals surface area contributed by atoms with Crippen molar-refractivity contribution in [2.45, 2.75) is 58.3 Å². The number of aromatic nitrogens is 1. The lowest BCUT2D eigenvalue weighted by molar-refractivity contribution is 0.339. The lowest BCUT2D eigenvalue weighted by Crippen LogP contribution is -2.07. The number of nitrogens with zero attached hydrogens (tertiary/aromatic N) is 1. The molecule has 0 N–H and O–H groups in total. The summed E-state index contributed by atoms with van der Waals surface area (Å²) >= 11 is 0. The maximum Gasteiger partial charge on any atom is 0.0780 e. The highest BCUT2D eigenvalue weighted by Crippen LogP contribution is 2.33. The Morgan fingerprint density at radius 2 is 1.60 bits per heavy atom. The van der Waals surface area contributed by atoms with Crippen LogP contribution in [0.2, 0.25) is 0 Å². The van der Waals surface area contributed by atoms with E-state index in [1.165, 1.54) is 66.3 Å². The lowest BCUT2D eigenvalue weighted by atomic mass is 9.85. The van der Waals surface area contributed by atoms with Crippen molar-refractivity contribution in [3.63, 3.8) is 0 Å². The van der Waals surface area contributed by atoms with Gasteiger partial charge in [0, 0.05) is 17.3 Å². The summed E-state index contributed by atoms with van der Waals surface area (Å²) < 4.78 is 0. The number of pyridine rings is 1. The molecular weight excluding hydrogens is 362 g/mol. The van der Waals surface area contributed by atoms with Gasteiger partial charge < -0.3 is 0 Å². The lowest BCUT2D eigenvalue weighted by Gasteiger charge is -2.21. The van der Waals surface area contributed by atoms with Gasteiger partial charge in [0.1, 0.15) is 0 Å². The predicted molar refractivity (Wildman–Crippen MR) is 129 cm³/mol. The summed E-state index contributed by atoms with van der Waals surface area (Å²) in [5.41, 5.74) is 8.59. The Morgan fingerprint density at radius 3 is 2.27 bits per heavy atom. The van der Waals surface area contributed by atoms with Gasteiger partial charge in [-0.1, -0.05) is 100 Å². The van der Waals surface area contributed by atoms with Gasteiger partial charge in [0.05, 0.1) is 5.69 Å². The van der Waals surface area contributed by atoms with Crippen LogP contribution in [0.5, 0.6) is 0 Å². The molecule has 0 radical (unpaired) electrons. The fraction of sp³-hybridized carbons (Fsp3) is 0.345. The SMILES string of the molecule is C=Cc1ccc(-c2cc(CCC3CCCCC3)cnc2-c2ccc(CC)cc2)cc1. The zero-order chi connectivity index (χ0) is 20.8. The van der Waals surface area contributed by atoms with E-state index in [-0.39, 0.29) is 0 Å². The quantitative estimate of drug-likeness (QED) is 0.393. The number of benzene rings is 2. The van der Waals surface area contributed by atoms with Gasteiger partial charge in [-0.3, -0.25) is 4.98 Å². The summed E-state index contributed by atoms with van der Waals surface area (Å²) in [6, 6.07) is 19.9. The van der Waals surface area contributed by atoms with Crippen molar-refractivity contribution in [2.75, 3.05) is 0 Å². The zero-order valence-electron chi connectivity index (χ0n) is 18.2. The van der Waals surface area contributed by atoms with E-state index in [1.54, 1.807) is 0 Å². The van der Waals surface area contributed by atoms with Gasteiger partial charge in [-0.2, -0.15) is 0 Å². The zero-order valence-corrected chi connectivity index (χ0v) is 18.2. The molecule has 1 aliphatic rings. The molecule has 1 aliphatic carbocycles. The second kappa shape index (κ2) is 9.89. The molecule has 1 nitrogen and oxygen atoms in total. The van der Waals surface area contributed by atoms with E-state index in [4.69, 9.17) is 4.98 Å². The molecule has 1 saturated carbocycles. The molecule has 3 aromatic rings. The Labute approximate surface area is 181 Å². The highest BCUT2D eigenvalue weighted by molar-refractivity contribution is 5.81. The van der Waals surface area contributed by atoms with Crippen molar-refractivity contribution in [1.29, 1.82) is 0 Å². The van der Waals surface area contributed by atoms with Crippen LogP contribution in [0.15, 0.2) is 67.4 Å². The molecule has 4 rings (SSSR count). The van der Waals surface area contributed by atoms with E-state index in [9.17, 15) is 0 Å². The summed E-state index contributed by atoms with van der Waals surface area (Å²) in [5, 5.41) is 0. The van der Waals surface area contributed by atoms with Crippen LogP contribution in [0.25, 0.3) is 28.5 Å². The second-order valence-corrected chi connectivity index (χ2v) is 8.66. The number of rotatable bonds is 7. The molecular formula is C29H33N. The monoisotopic (exact) mass is 395 g/mol. The Bertz CT molecular complexity index is 960. The van der Waals surface area contributed by atoms with E-state index in [1.807, 2.05) is 6.08 Å². The molecule has 1 fully saturated rings. The maximum absolute atomic E-state index is 4.97. The summed E-state index contributed by atoms with van der Waals surface area (Å²) in [7, 11) is 0. The van der Waals surface area contributed by atoms with Crippen LogP contribution >= 0.6 is 0 Å². The van der Waals surface area contributed by atoms with Gasteiger partial charge >= 0.3 is 0 Å². The molecule has 1 aromatic heterocycles. The van der Waals surface area contributed by atoms with Gasteiger partial charge in [0.25, 0.3) is 0 Å². The average Bonchev–Trinajstić information content (AvgIpc) is 2.83. The van der Waals surface area contributed by atoms with Crippen LogP contribution in [-0.4, -0.2) is 4.98 Å². The minimum atomic E-state index is 0.898. The minimum Gasteiger partial charge on any atom is -0.255 e. The Balaban J connectivity index is 1.66. The highest BCUT2D eigenvalue weighted by Gasteiger charge is 2.15. The third kappa shape index (κ3) is 4.90. The van der Waals surface area contributed by atoms with E-state index in [2.05, 4.69) is 74.3 Å². The number of hydrogen-bond acceptors (Lipinski definition) is 1. The van der Waals surface area contributed by atoms with Crippen molar-refractivity contribution in [3.8, 4) is 22.4 Å². The molecule has 0 atom stereocenters. The third-order valence-corrected chi connectivity index (χ3v) is 6.60. The maximum atomic E-state index is 4.97. The average molecular weight is 396 g/mol. The first-order chi connectivity index (χ1) is 14.8. The van der Waals surface area contributed by atoms with Crippen LogP contribution < -0.4 is 0 Å². The van der Waals surface area contributed by atoms with Crippen LogP contribution in [0, 0.1) is 5.92 Å². The standard InChI is InChI=1S/C29H33N/c1-3-22-12-16-26(17-13-22)28-20-25(11-10-24-8-6-5-7-9-24)21-30-29(28)27-18-14-23(4-2)15-19-27/h3,12-21,24H,1,4-11H2,2H3. The largest absolute Gasteiger partial charge is 0.255 e. The van der Waals surface area contributed by atoms with Crippen LogP contribution in [0.4, 0.5) is 0 Å². The topological polar surface area (TPSA) is 12.9 Å². The molecule has 0 unspecified atom stereocenters. The molecule has 2 aromatic carbocycles. The Kier molecular flexibility index (Phi) is 6.79. The molecule has 1 heteroatoms.